The fourth-order valence-corrected chi connectivity index (χ4v) is 3.32. The molecule has 7 heteroatoms. The summed E-state index contributed by atoms with van der Waals surface area (Å²) in [4.78, 5) is 11.5. The van der Waals surface area contributed by atoms with Crippen LogP contribution in [-0.4, -0.2) is 44.9 Å². The highest BCUT2D eigenvalue weighted by atomic mass is 32.2. The number of carbonyl (C=O) groups is 1. The second-order valence-electron chi connectivity index (χ2n) is 4.47. The molecule has 1 rings (SSSR count). The van der Waals surface area contributed by atoms with Gasteiger partial charge in [0.1, 0.15) is 6.04 Å². The maximum atomic E-state index is 12.0. The molecule has 100 valence electrons. The van der Waals surface area contributed by atoms with Gasteiger partial charge < -0.3 is 4.74 Å². The number of hydrogen-bond donors (Lipinski definition) is 1. The number of rotatable bonds is 5. The number of carbonyl (C=O) groups excluding carboxylic acids is 1. The van der Waals surface area contributed by atoms with Gasteiger partial charge in [0.2, 0.25) is 0 Å². The number of nitrogens with one attached hydrogen (secondary N) is 1. The molecule has 1 aliphatic rings. The predicted octanol–water partition coefficient (Wildman–Crippen LogP) is 0.114. The molecule has 1 aliphatic heterocycles. The van der Waals surface area contributed by atoms with Crippen molar-refractivity contribution in [2.75, 3.05) is 20.2 Å². The van der Waals surface area contributed by atoms with Gasteiger partial charge in [-0.1, -0.05) is 13.8 Å². The summed E-state index contributed by atoms with van der Waals surface area (Å²) in [5.41, 5.74) is 0. The normalized spacial score (nSPS) is 19.5. The van der Waals surface area contributed by atoms with E-state index in [1.54, 1.807) is 13.8 Å². The molecule has 1 fully saturated rings. The van der Waals surface area contributed by atoms with Crippen molar-refractivity contribution in [3.8, 4) is 0 Å². The smallest absolute Gasteiger partial charge is 0.324 e. The maximum absolute atomic E-state index is 12.0. The fourth-order valence-electron chi connectivity index (χ4n) is 1.75. The third-order valence-electron chi connectivity index (χ3n) is 2.80. The molecule has 0 amide bonds. The molecule has 1 heterocycles. The fraction of sp³-hybridized carbons (Fsp3) is 0.900. The molecule has 17 heavy (non-hydrogen) atoms. The molecule has 0 aromatic carbocycles. The van der Waals surface area contributed by atoms with Gasteiger partial charge in [-0.15, -0.1) is 0 Å². The highest BCUT2D eigenvalue weighted by Crippen LogP contribution is 2.13. The molecule has 1 unspecified atom stereocenters. The van der Waals surface area contributed by atoms with E-state index in [2.05, 4.69) is 9.46 Å². The van der Waals surface area contributed by atoms with Crippen molar-refractivity contribution < 1.29 is 17.9 Å². The van der Waals surface area contributed by atoms with Gasteiger partial charge in [0.25, 0.3) is 10.2 Å². The first-order chi connectivity index (χ1) is 7.88. The second-order valence-corrected chi connectivity index (χ2v) is 6.18. The lowest BCUT2D eigenvalue weighted by atomic mass is 10.1. The quantitative estimate of drug-likeness (QED) is 0.715. The monoisotopic (exact) mass is 264 g/mol. The summed E-state index contributed by atoms with van der Waals surface area (Å²) in [6.07, 6.45) is 1.73. The molecular weight excluding hydrogens is 244 g/mol. The minimum Gasteiger partial charge on any atom is -0.468 e. The van der Waals surface area contributed by atoms with E-state index in [4.69, 9.17) is 0 Å². The Kier molecular flexibility index (Phi) is 4.91. The summed E-state index contributed by atoms with van der Waals surface area (Å²) in [6, 6.07) is -0.828. The molecule has 1 saturated heterocycles. The van der Waals surface area contributed by atoms with E-state index >= 15 is 0 Å². The van der Waals surface area contributed by atoms with Crippen LogP contribution in [0.25, 0.3) is 0 Å². The van der Waals surface area contributed by atoms with Crippen LogP contribution < -0.4 is 4.72 Å². The summed E-state index contributed by atoms with van der Waals surface area (Å²) in [6.45, 7) is 4.57. The highest BCUT2D eigenvalue weighted by Gasteiger charge is 2.32. The SMILES string of the molecule is COC(=O)C(NS(=O)(=O)N1CCCC1)C(C)C. The van der Waals surface area contributed by atoms with Crippen LogP contribution in [0.1, 0.15) is 26.7 Å². The van der Waals surface area contributed by atoms with Gasteiger partial charge in [-0.3, -0.25) is 4.79 Å². The number of nitrogens with zero attached hydrogens (tertiary/aromatic N) is 1. The summed E-state index contributed by atoms with van der Waals surface area (Å²) in [5.74, 6) is -0.706. The number of ether oxygens (including phenoxy) is 1. The zero-order chi connectivity index (χ0) is 13.1. The lowest BCUT2D eigenvalue weighted by Gasteiger charge is -2.23. The van der Waals surface area contributed by atoms with Crippen molar-refractivity contribution in [3.63, 3.8) is 0 Å². The van der Waals surface area contributed by atoms with Crippen molar-refractivity contribution in [1.29, 1.82) is 0 Å². The zero-order valence-corrected chi connectivity index (χ0v) is 11.3. The number of methoxy groups -OCH3 is 1. The number of hydrogen-bond acceptors (Lipinski definition) is 4. The molecule has 0 saturated carbocycles. The average Bonchev–Trinajstić information content (AvgIpc) is 2.78. The lowest BCUT2D eigenvalue weighted by molar-refractivity contribution is -0.143. The average molecular weight is 264 g/mol. The third kappa shape index (κ3) is 3.65. The molecule has 0 aromatic rings. The van der Waals surface area contributed by atoms with Crippen LogP contribution in [0.3, 0.4) is 0 Å². The summed E-state index contributed by atoms with van der Waals surface area (Å²) >= 11 is 0. The summed E-state index contributed by atoms with van der Waals surface area (Å²) in [7, 11) is -2.32. The van der Waals surface area contributed by atoms with Gasteiger partial charge in [0.05, 0.1) is 7.11 Å². The Morgan fingerprint density at radius 3 is 2.24 bits per heavy atom. The molecule has 0 aromatic heterocycles. The van der Waals surface area contributed by atoms with Crippen LogP contribution in [0.5, 0.6) is 0 Å². The van der Waals surface area contributed by atoms with Gasteiger partial charge in [-0.2, -0.15) is 17.4 Å². The first-order valence-electron chi connectivity index (χ1n) is 5.73. The molecule has 0 radical (unpaired) electrons. The van der Waals surface area contributed by atoms with Gasteiger partial charge in [-0.05, 0) is 18.8 Å². The van der Waals surface area contributed by atoms with E-state index < -0.39 is 22.2 Å². The lowest BCUT2D eigenvalue weighted by Crippen LogP contribution is -2.50. The summed E-state index contributed by atoms with van der Waals surface area (Å²) in [5, 5.41) is 0. The van der Waals surface area contributed by atoms with Crippen LogP contribution >= 0.6 is 0 Å². The van der Waals surface area contributed by atoms with E-state index in [1.807, 2.05) is 0 Å². The van der Waals surface area contributed by atoms with Crippen LogP contribution in [0.2, 0.25) is 0 Å². The van der Waals surface area contributed by atoms with E-state index in [1.165, 1.54) is 11.4 Å². The van der Waals surface area contributed by atoms with Crippen molar-refractivity contribution in [1.82, 2.24) is 9.03 Å². The van der Waals surface area contributed by atoms with E-state index in [-0.39, 0.29) is 5.92 Å². The Morgan fingerprint density at radius 2 is 1.82 bits per heavy atom. The molecule has 6 nitrogen and oxygen atoms in total. The first kappa shape index (κ1) is 14.4. The Labute approximate surface area is 102 Å². The third-order valence-corrected chi connectivity index (χ3v) is 4.40. The first-order valence-corrected chi connectivity index (χ1v) is 7.17. The highest BCUT2D eigenvalue weighted by molar-refractivity contribution is 7.87. The van der Waals surface area contributed by atoms with Gasteiger partial charge >= 0.3 is 5.97 Å². The standard InChI is InChI=1S/C10H20N2O4S/c1-8(2)9(10(13)16-3)11-17(14,15)12-6-4-5-7-12/h8-9,11H,4-7H2,1-3H3. The maximum Gasteiger partial charge on any atom is 0.324 e. The van der Waals surface area contributed by atoms with Gasteiger partial charge in [-0.25, -0.2) is 0 Å². The minimum absolute atomic E-state index is 0.153. The Balaban J connectivity index is 2.75. The minimum atomic E-state index is -3.58. The summed E-state index contributed by atoms with van der Waals surface area (Å²) < 4.78 is 32.3. The Morgan fingerprint density at radius 1 is 1.29 bits per heavy atom. The van der Waals surface area contributed by atoms with E-state index in [0.29, 0.717) is 13.1 Å². The van der Waals surface area contributed by atoms with Gasteiger partial charge in [0, 0.05) is 13.1 Å². The Bertz CT molecular complexity index is 361. The van der Waals surface area contributed by atoms with Crippen molar-refractivity contribution in [3.05, 3.63) is 0 Å². The van der Waals surface area contributed by atoms with Gasteiger partial charge in [0.15, 0.2) is 0 Å². The van der Waals surface area contributed by atoms with Crippen LogP contribution in [0, 0.1) is 5.92 Å². The molecule has 0 bridgehead atoms. The van der Waals surface area contributed by atoms with E-state index in [9.17, 15) is 13.2 Å². The second kappa shape index (κ2) is 5.79. The molecule has 1 N–H and O–H groups in total. The largest absolute Gasteiger partial charge is 0.468 e. The topological polar surface area (TPSA) is 75.7 Å². The van der Waals surface area contributed by atoms with E-state index in [0.717, 1.165) is 12.8 Å². The molecule has 1 atom stereocenters. The van der Waals surface area contributed by atoms with Crippen molar-refractivity contribution in [2.24, 2.45) is 5.92 Å². The Hall–Kier alpha value is -0.660. The molecule has 0 spiro atoms. The molecular formula is C10H20N2O4S. The van der Waals surface area contributed by atoms with Crippen molar-refractivity contribution >= 4 is 16.2 Å². The predicted molar refractivity (Wildman–Crippen MR) is 63.5 cm³/mol. The van der Waals surface area contributed by atoms with Crippen LogP contribution in [-0.2, 0) is 19.7 Å². The number of esters is 1. The molecule has 0 aliphatic carbocycles. The van der Waals surface area contributed by atoms with Crippen molar-refractivity contribution in [2.45, 2.75) is 32.7 Å². The zero-order valence-electron chi connectivity index (χ0n) is 10.5. The van der Waals surface area contributed by atoms with Crippen LogP contribution in [0.4, 0.5) is 0 Å². The van der Waals surface area contributed by atoms with Crippen LogP contribution in [0.15, 0.2) is 0 Å².